The van der Waals surface area contributed by atoms with Crippen molar-refractivity contribution in [2.45, 2.75) is 12.7 Å². The molecule has 0 unspecified atom stereocenters. The van der Waals surface area contributed by atoms with E-state index in [1.54, 1.807) is 0 Å². The molecule has 0 spiro atoms. The highest BCUT2D eigenvalue weighted by atomic mass is 19.3. The number of fused-ring (bicyclic) bond motifs is 2. The molecule has 0 radical (unpaired) electrons. The molecule has 2 aromatic heterocycles. The van der Waals surface area contributed by atoms with E-state index in [1.165, 1.54) is 12.1 Å². The Morgan fingerprint density at radius 3 is 2.76 bits per heavy atom. The molecule has 4 heterocycles. The van der Waals surface area contributed by atoms with Crippen molar-refractivity contribution in [2.24, 2.45) is 0 Å². The predicted molar refractivity (Wildman–Crippen MR) is 130 cm³/mol. The van der Waals surface area contributed by atoms with Gasteiger partial charge in [-0.1, -0.05) is 18.2 Å². The zero-order chi connectivity index (χ0) is 25.5. The molecule has 2 aliphatic rings. The minimum absolute atomic E-state index is 0.284. The number of morpholine rings is 1. The molecule has 4 aromatic rings. The maximum atomic E-state index is 14.7. The van der Waals surface area contributed by atoms with Crippen LogP contribution in [-0.4, -0.2) is 76.9 Å². The lowest BCUT2D eigenvalue weighted by molar-refractivity contribution is -0.0500. The van der Waals surface area contributed by atoms with E-state index >= 15 is 0 Å². The zero-order valence-corrected chi connectivity index (χ0v) is 19.6. The molecule has 0 aliphatic carbocycles. The minimum Gasteiger partial charge on any atom is -0.432 e. The van der Waals surface area contributed by atoms with Crippen molar-refractivity contribution < 1.29 is 22.6 Å². The number of hydrogen-bond donors (Lipinski definition) is 1. The van der Waals surface area contributed by atoms with Crippen molar-refractivity contribution in [3.63, 3.8) is 0 Å². The van der Waals surface area contributed by atoms with Gasteiger partial charge in [0.05, 0.1) is 24.8 Å². The Morgan fingerprint density at radius 2 is 1.95 bits per heavy atom. The Labute approximate surface area is 209 Å². The van der Waals surface area contributed by atoms with Gasteiger partial charge in [-0.15, -0.1) is 0 Å². The summed E-state index contributed by atoms with van der Waals surface area (Å²) in [7, 11) is 0. The van der Waals surface area contributed by atoms with Crippen LogP contribution >= 0.6 is 0 Å². The molecule has 2 aromatic carbocycles. The molecule has 192 valence electrons. The zero-order valence-electron chi connectivity index (χ0n) is 19.6. The summed E-state index contributed by atoms with van der Waals surface area (Å²) >= 11 is 0. The summed E-state index contributed by atoms with van der Waals surface area (Å²) in [6.07, 6.45) is 0. The van der Waals surface area contributed by atoms with E-state index in [0.29, 0.717) is 21.9 Å². The summed E-state index contributed by atoms with van der Waals surface area (Å²) in [4.78, 5) is 17.5. The second kappa shape index (κ2) is 9.52. The van der Waals surface area contributed by atoms with Gasteiger partial charge in [-0.3, -0.25) is 14.8 Å². The lowest BCUT2D eigenvalue weighted by Crippen LogP contribution is -2.58. The van der Waals surface area contributed by atoms with Gasteiger partial charge in [-0.05, 0) is 24.3 Å². The number of hydrogen-bond acceptors (Lipinski definition) is 7. The first-order chi connectivity index (χ1) is 18.0. The molecule has 0 amide bonds. The van der Waals surface area contributed by atoms with Crippen molar-refractivity contribution >= 4 is 16.7 Å². The SMILES string of the molecule is O=c1cc2[nH]nc(-c3ccc(N4CCN5CCOC[C@H]5C4)cc3)c2nn1-c1c(F)cccc1OC(F)F. The van der Waals surface area contributed by atoms with Crippen LogP contribution in [0, 0.1) is 5.82 Å². The number of piperazine rings is 1. The maximum Gasteiger partial charge on any atom is 0.387 e. The van der Waals surface area contributed by atoms with Crippen molar-refractivity contribution in [2.75, 3.05) is 44.3 Å². The molecule has 12 heteroatoms. The number of halogens is 3. The molecule has 2 fully saturated rings. The van der Waals surface area contributed by atoms with E-state index in [1.807, 2.05) is 24.3 Å². The lowest BCUT2D eigenvalue weighted by Gasteiger charge is -2.44. The first-order valence-corrected chi connectivity index (χ1v) is 11.9. The monoisotopic (exact) mass is 512 g/mol. The van der Waals surface area contributed by atoms with Crippen molar-refractivity contribution in [3.8, 4) is 22.7 Å². The smallest absolute Gasteiger partial charge is 0.387 e. The van der Waals surface area contributed by atoms with Crippen LogP contribution < -0.4 is 15.2 Å². The highest BCUT2D eigenvalue weighted by molar-refractivity contribution is 5.89. The summed E-state index contributed by atoms with van der Waals surface area (Å²) < 4.78 is 51.3. The Bertz CT molecular complexity index is 1490. The van der Waals surface area contributed by atoms with Crippen LogP contribution in [0.4, 0.5) is 18.9 Å². The molecule has 2 saturated heterocycles. The molecule has 0 saturated carbocycles. The van der Waals surface area contributed by atoms with Crippen molar-refractivity contribution in [3.05, 3.63) is 64.7 Å². The molecule has 37 heavy (non-hydrogen) atoms. The van der Waals surface area contributed by atoms with Crippen LogP contribution in [-0.2, 0) is 4.74 Å². The highest BCUT2D eigenvalue weighted by Crippen LogP contribution is 2.30. The average Bonchev–Trinajstić information content (AvgIpc) is 3.30. The van der Waals surface area contributed by atoms with Gasteiger partial charge in [0, 0.05) is 43.5 Å². The lowest BCUT2D eigenvalue weighted by atomic mass is 10.1. The number of nitrogens with zero attached hydrogens (tertiary/aromatic N) is 5. The van der Waals surface area contributed by atoms with E-state index in [0.717, 1.165) is 62.8 Å². The summed E-state index contributed by atoms with van der Waals surface area (Å²) in [5.41, 5.74) is 1.63. The fraction of sp³-hybridized carbons (Fsp3) is 0.320. The molecule has 6 rings (SSSR count). The van der Waals surface area contributed by atoms with Gasteiger partial charge in [-0.2, -0.15) is 23.7 Å². The Hall–Kier alpha value is -3.90. The number of rotatable bonds is 5. The summed E-state index contributed by atoms with van der Waals surface area (Å²) in [5, 5.41) is 11.4. The van der Waals surface area contributed by atoms with Gasteiger partial charge in [0.25, 0.3) is 5.56 Å². The summed E-state index contributed by atoms with van der Waals surface area (Å²) in [6.45, 7) is 2.05. The number of anilines is 1. The minimum atomic E-state index is -3.20. The maximum absolute atomic E-state index is 14.7. The molecule has 9 nitrogen and oxygen atoms in total. The van der Waals surface area contributed by atoms with E-state index in [9.17, 15) is 18.0 Å². The summed E-state index contributed by atoms with van der Waals surface area (Å²) in [5.74, 6) is -1.42. The third-order valence-corrected chi connectivity index (χ3v) is 6.77. The van der Waals surface area contributed by atoms with Gasteiger partial charge in [0.1, 0.15) is 16.9 Å². The van der Waals surface area contributed by atoms with Crippen LogP contribution in [0.15, 0.2) is 53.3 Å². The fourth-order valence-corrected chi connectivity index (χ4v) is 4.95. The second-order valence-corrected chi connectivity index (χ2v) is 8.95. The molecular formula is C25H23F3N6O3. The molecule has 2 aliphatic heterocycles. The van der Waals surface area contributed by atoms with E-state index in [4.69, 9.17) is 4.74 Å². The van der Waals surface area contributed by atoms with Crippen LogP contribution in [0.5, 0.6) is 5.75 Å². The molecule has 1 atom stereocenters. The predicted octanol–water partition coefficient (Wildman–Crippen LogP) is 3.04. The highest BCUT2D eigenvalue weighted by Gasteiger charge is 2.29. The van der Waals surface area contributed by atoms with Gasteiger partial charge in [0.2, 0.25) is 0 Å². The quantitative estimate of drug-likeness (QED) is 0.440. The third kappa shape index (κ3) is 4.42. The van der Waals surface area contributed by atoms with Gasteiger partial charge < -0.3 is 14.4 Å². The Kier molecular flexibility index (Phi) is 6.05. The average molecular weight is 512 g/mol. The van der Waals surface area contributed by atoms with Crippen LogP contribution in [0.2, 0.25) is 0 Å². The van der Waals surface area contributed by atoms with E-state index < -0.39 is 29.4 Å². The number of para-hydroxylation sites is 1. The van der Waals surface area contributed by atoms with E-state index in [2.05, 4.69) is 29.8 Å². The molecule has 1 N–H and O–H groups in total. The third-order valence-electron chi connectivity index (χ3n) is 6.77. The van der Waals surface area contributed by atoms with Crippen molar-refractivity contribution in [1.82, 2.24) is 24.9 Å². The number of aromatic nitrogens is 4. The van der Waals surface area contributed by atoms with Gasteiger partial charge in [-0.25, -0.2) is 4.39 Å². The van der Waals surface area contributed by atoms with Crippen LogP contribution in [0.25, 0.3) is 28.0 Å². The normalized spacial score (nSPS) is 18.4. The second-order valence-electron chi connectivity index (χ2n) is 8.95. The molecule has 0 bridgehead atoms. The van der Waals surface area contributed by atoms with E-state index in [-0.39, 0.29) is 5.52 Å². The van der Waals surface area contributed by atoms with Crippen LogP contribution in [0.1, 0.15) is 0 Å². The Balaban J connectivity index is 1.33. The first-order valence-electron chi connectivity index (χ1n) is 11.9. The number of nitrogens with one attached hydrogen (secondary N) is 1. The summed E-state index contributed by atoms with van der Waals surface area (Å²) in [6, 6.07) is 12.8. The van der Waals surface area contributed by atoms with Crippen molar-refractivity contribution in [1.29, 1.82) is 0 Å². The first kappa shape index (κ1) is 23.5. The Morgan fingerprint density at radius 1 is 1.11 bits per heavy atom. The number of alkyl halides is 2. The van der Waals surface area contributed by atoms with Crippen LogP contribution in [0.3, 0.4) is 0 Å². The number of H-pyrrole nitrogens is 1. The largest absolute Gasteiger partial charge is 0.432 e. The number of ether oxygens (including phenoxy) is 2. The van der Waals surface area contributed by atoms with Gasteiger partial charge in [0.15, 0.2) is 11.6 Å². The fourth-order valence-electron chi connectivity index (χ4n) is 4.95. The number of benzene rings is 2. The number of aromatic amines is 1. The molecular weight excluding hydrogens is 489 g/mol. The topological polar surface area (TPSA) is 88.5 Å². The standard InChI is InChI=1S/C25H23F3N6O3/c26-18-2-1-3-20(37-25(27)28)24(18)34-21(35)12-19-23(31-34)22(30-29-19)15-4-6-16(7-5-15)33-9-8-32-10-11-36-14-17(32)13-33/h1-7,12,17,25,29H,8-11,13-14H2/t17-/m1/s1. The van der Waals surface area contributed by atoms with Gasteiger partial charge >= 0.3 is 6.61 Å².